The van der Waals surface area contributed by atoms with Crippen molar-refractivity contribution in [1.29, 1.82) is 0 Å². The van der Waals surface area contributed by atoms with Gasteiger partial charge in [0.2, 0.25) is 5.91 Å². The number of nitrogens with two attached hydrogens (primary N) is 1. The van der Waals surface area contributed by atoms with Crippen molar-refractivity contribution in [2.75, 3.05) is 5.32 Å². The number of anilines is 1. The van der Waals surface area contributed by atoms with Gasteiger partial charge in [0.05, 0.1) is 0 Å². The van der Waals surface area contributed by atoms with Crippen LogP contribution in [-0.2, 0) is 4.79 Å². The normalized spacial score (nSPS) is 23.0. The van der Waals surface area contributed by atoms with Crippen molar-refractivity contribution in [1.82, 2.24) is 0 Å². The summed E-state index contributed by atoms with van der Waals surface area (Å²) >= 11 is 3.39. The molecule has 1 aliphatic carbocycles. The molecule has 3 nitrogen and oxygen atoms in total. The number of amides is 1. The molecule has 0 aromatic heterocycles. The molecule has 18 heavy (non-hydrogen) atoms. The van der Waals surface area contributed by atoms with Gasteiger partial charge in [-0.05, 0) is 37.5 Å². The molecule has 2 rings (SSSR count). The van der Waals surface area contributed by atoms with Gasteiger partial charge in [0.25, 0.3) is 0 Å². The van der Waals surface area contributed by atoms with E-state index in [4.69, 9.17) is 5.73 Å². The molecule has 0 spiro atoms. The Labute approximate surface area is 122 Å². The summed E-state index contributed by atoms with van der Waals surface area (Å²) in [5.41, 5.74) is 6.73. The van der Waals surface area contributed by atoms with E-state index in [2.05, 4.69) is 21.2 Å². The zero-order valence-corrected chi connectivity index (χ0v) is 12.5. The summed E-state index contributed by atoms with van der Waals surface area (Å²) in [5.74, 6) is 0.163. The standard InChI is InChI=1S/C13H17BrN2O.ClH/c14-10-4-2-6-12(8-10)16-13(17)9-3-1-5-11(15)7-9;/h2,4,6,8-9,11H,1,3,5,7,15H2,(H,16,17);1H. The van der Waals surface area contributed by atoms with Crippen molar-refractivity contribution in [2.45, 2.75) is 31.7 Å². The Bertz CT molecular complexity index is 414. The maximum atomic E-state index is 12.0. The summed E-state index contributed by atoms with van der Waals surface area (Å²) in [4.78, 5) is 12.0. The van der Waals surface area contributed by atoms with Crippen LogP contribution in [-0.4, -0.2) is 11.9 Å². The molecule has 0 saturated heterocycles. The number of hydrogen-bond donors (Lipinski definition) is 2. The number of carbonyl (C=O) groups is 1. The summed E-state index contributed by atoms with van der Waals surface area (Å²) in [6.45, 7) is 0. The number of hydrogen-bond acceptors (Lipinski definition) is 2. The van der Waals surface area contributed by atoms with Crippen molar-refractivity contribution in [3.63, 3.8) is 0 Å². The van der Waals surface area contributed by atoms with Gasteiger partial charge in [-0.2, -0.15) is 0 Å². The zero-order chi connectivity index (χ0) is 12.3. The average molecular weight is 334 g/mol. The van der Waals surface area contributed by atoms with E-state index < -0.39 is 0 Å². The highest BCUT2D eigenvalue weighted by Crippen LogP contribution is 2.25. The fourth-order valence-electron chi connectivity index (χ4n) is 2.28. The summed E-state index contributed by atoms with van der Waals surface area (Å²) < 4.78 is 0.968. The molecule has 1 aliphatic rings. The van der Waals surface area contributed by atoms with E-state index >= 15 is 0 Å². The van der Waals surface area contributed by atoms with E-state index in [0.29, 0.717) is 0 Å². The Morgan fingerprint density at radius 3 is 2.83 bits per heavy atom. The third kappa shape index (κ3) is 4.26. The zero-order valence-electron chi connectivity index (χ0n) is 10.1. The lowest BCUT2D eigenvalue weighted by molar-refractivity contribution is -0.120. The van der Waals surface area contributed by atoms with Crippen LogP contribution in [0, 0.1) is 5.92 Å². The van der Waals surface area contributed by atoms with Gasteiger partial charge in [-0.3, -0.25) is 4.79 Å². The van der Waals surface area contributed by atoms with Crippen LogP contribution in [0.1, 0.15) is 25.7 Å². The maximum Gasteiger partial charge on any atom is 0.227 e. The Kier molecular flexibility index (Phi) is 6.12. The molecule has 0 radical (unpaired) electrons. The second kappa shape index (κ2) is 7.12. The lowest BCUT2D eigenvalue weighted by Gasteiger charge is -2.25. The van der Waals surface area contributed by atoms with Crippen molar-refractivity contribution in [3.8, 4) is 0 Å². The first kappa shape index (κ1) is 15.5. The van der Waals surface area contributed by atoms with Crippen molar-refractivity contribution < 1.29 is 4.79 Å². The van der Waals surface area contributed by atoms with Crippen LogP contribution < -0.4 is 11.1 Å². The van der Waals surface area contributed by atoms with Crippen LogP contribution in [0.3, 0.4) is 0 Å². The molecule has 2 atom stereocenters. The van der Waals surface area contributed by atoms with Crippen LogP contribution in [0.5, 0.6) is 0 Å². The highest BCUT2D eigenvalue weighted by Gasteiger charge is 2.25. The Balaban J connectivity index is 0.00000162. The van der Waals surface area contributed by atoms with Gasteiger partial charge in [0.15, 0.2) is 0 Å². The number of benzene rings is 1. The highest BCUT2D eigenvalue weighted by molar-refractivity contribution is 9.10. The molecule has 0 heterocycles. The molecule has 1 aromatic carbocycles. The third-order valence-electron chi connectivity index (χ3n) is 3.18. The van der Waals surface area contributed by atoms with E-state index in [-0.39, 0.29) is 30.3 Å². The minimum atomic E-state index is 0. The van der Waals surface area contributed by atoms with Gasteiger partial charge in [-0.15, -0.1) is 12.4 Å². The first-order valence-electron chi connectivity index (χ1n) is 5.97. The number of halogens is 2. The molecule has 100 valence electrons. The topological polar surface area (TPSA) is 55.1 Å². The molecular formula is C13H18BrClN2O. The summed E-state index contributed by atoms with van der Waals surface area (Å²) in [6.07, 6.45) is 3.85. The molecule has 0 bridgehead atoms. The molecule has 1 amide bonds. The minimum Gasteiger partial charge on any atom is -0.328 e. The first-order valence-corrected chi connectivity index (χ1v) is 6.76. The Morgan fingerprint density at radius 1 is 1.39 bits per heavy atom. The Hall–Kier alpha value is -0.580. The lowest BCUT2D eigenvalue weighted by Crippen LogP contribution is -2.34. The molecule has 2 unspecified atom stereocenters. The monoisotopic (exact) mass is 332 g/mol. The van der Waals surface area contributed by atoms with Gasteiger partial charge in [0.1, 0.15) is 0 Å². The van der Waals surface area contributed by atoms with E-state index in [0.717, 1.165) is 35.8 Å². The fraction of sp³-hybridized carbons (Fsp3) is 0.462. The predicted octanol–water partition coefficient (Wildman–Crippen LogP) is 3.33. The molecule has 1 fully saturated rings. The second-order valence-electron chi connectivity index (χ2n) is 4.62. The number of carbonyl (C=O) groups excluding carboxylic acids is 1. The highest BCUT2D eigenvalue weighted by atomic mass is 79.9. The average Bonchev–Trinajstić information content (AvgIpc) is 2.29. The van der Waals surface area contributed by atoms with E-state index in [9.17, 15) is 4.79 Å². The predicted molar refractivity (Wildman–Crippen MR) is 80.0 cm³/mol. The van der Waals surface area contributed by atoms with E-state index in [1.54, 1.807) is 0 Å². The largest absolute Gasteiger partial charge is 0.328 e. The van der Waals surface area contributed by atoms with Crippen LogP contribution >= 0.6 is 28.3 Å². The summed E-state index contributed by atoms with van der Waals surface area (Å²) in [5, 5.41) is 2.95. The van der Waals surface area contributed by atoms with Crippen LogP contribution in [0.2, 0.25) is 0 Å². The smallest absolute Gasteiger partial charge is 0.227 e. The van der Waals surface area contributed by atoms with Gasteiger partial charge >= 0.3 is 0 Å². The lowest BCUT2D eigenvalue weighted by atomic mass is 9.85. The first-order chi connectivity index (χ1) is 8.15. The fourth-order valence-corrected chi connectivity index (χ4v) is 2.68. The van der Waals surface area contributed by atoms with Gasteiger partial charge in [0, 0.05) is 22.1 Å². The molecular weight excluding hydrogens is 316 g/mol. The van der Waals surface area contributed by atoms with Crippen LogP contribution in [0.15, 0.2) is 28.7 Å². The summed E-state index contributed by atoms with van der Waals surface area (Å²) in [7, 11) is 0. The van der Waals surface area contributed by atoms with Crippen molar-refractivity contribution in [3.05, 3.63) is 28.7 Å². The molecule has 1 aromatic rings. The Morgan fingerprint density at radius 2 is 2.17 bits per heavy atom. The molecule has 1 saturated carbocycles. The van der Waals surface area contributed by atoms with Crippen molar-refractivity contribution in [2.24, 2.45) is 11.7 Å². The maximum absolute atomic E-state index is 12.0. The van der Waals surface area contributed by atoms with Crippen LogP contribution in [0.25, 0.3) is 0 Å². The van der Waals surface area contributed by atoms with Gasteiger partial charge < -0.3 is 11.1 Å². The van der Waals surface area contributed by atoms with Crippen molar-refractivity contribution >= 4 is 39.9 Å². The van der Waals surface area contributed by atoms with E-state index in [1.807, 2.05) is 24.3 Å². The van der Waals surface area contributed by atoms with Gasteiger partial charge in [-0.25, -0.2) is 0 Å². The SMILES string of the molecule is Cl.NC1CCCC(C(=O)Nc2cccc(Br)c2)C1. The third-order valence-corrected chi connectivity index (χ3v) is 3.67. The van der Waals surface area contributed by atoms with Gasteiger partial charge in [-0.1, -0.05) is 28.4 Å². The summed E-state index contributed by atoms with van der Waals surface area (Å²) in [6, 6.07) is 7.83. The molecule has 5 heteroatoms. The quantitative estimate of drug-likeness (QED) is 0.872. The van der Waals surface area contributed by atoms with E-state index in [1.165, 1.54) is 0 Å². The minimum absolute atomic E-state index is 0. The molecule has 3 N–H and O–H groups in total. The second-order valence-corrected chi connectivity index (χ2v) is 5.54. The molecule has 0 aliphatic heterocycles. The van der Waals surface area contributed by atoms with Crippen LogP contribution in [0.4, 0.5) is 5.69 Å². The number of rotatable bonds is 2. The number of nitrogens with one attached hydrogen (secondary N) is 1.